The fraction of sp³-hybridized carbons (Fsp3) is 0.440. The van der Waals surface area contributed by atoms with Gasteiger partial charge >= 0.3 is 0 Å². The van der Waals surface area contributed by atoms with E-state index >= 15 is 0 Å². The molecule has 0 saturated heterocycles. The summed E-state index contributed by atoms with van der Waals surface area (Å²) in [5.74, 6) is 0. The van der Waals surface area contributed by atoms with Gasteiger partial charge in [0.15, 0.2) is 0 Å². The second kappa shape index (κ2) is 8.27. The van der Waals surface area contributed by atoms with E-state index in [2.05, 4.69) is 66.6 Å². The molecule has 0 spiro atoms. The summed E-state index contributed by atoms with van der Waals surface area (Å²) in [4.78, 5) is 0. The number of sulfonamides is 1. The Labute approximate surface area is 190 Å². The number of aryl methyl sites for hydroxylation is 1. The summed E-state index contributed by atoms with van der Waals surface area (Å²) < 4.78 is 29.3. The molecular weight excluding hydrogens is 428 g/mol. The van der Waals surface area contributed by atoms with Crippen LogP contribution in [0.2, 0.25) is 5.02 Å². The summed E-state index contributed by atoms with van der Waals surface area (Å²) >= 11 is 6.54. The van der Waals surface area contributed by atoms with Gasteiger partial charge in [0, 0.05) is 40.8 Å². The molecule has 1 saturated carbocycles. The van der Waals surface area contributed by atoms with Gasteiger partial charge in [0.1, 0.15) is 0 Å². The molecule has 31 heavy (non-hydrogen) atoms. The SMILES string of the molecule is Cc1ccc(-c2ccc3c(c2)c(CC(C)(C)C)cn3CCNS(=O)(=O)C2CC2)c(Cl)c1. The van der Waals surface area contributed by atoms with Crippen LogP contribution in [-0.4, -0.2) is 24.8 Å². The molecule has 1 aliphatic rings. The summed E-state index contributed by atoms with van der Waals surface area (Å²) in [6.07, 6.45) is 4.68. The minimum Gasteiger partial charge on any atom is -0.346 e. The van der Waals surface area contributed by atoms with Crippen molar-refractivity contribution in [2.45, 2.75) is 58.8 Å². The van der Waals surface area contributed by atoms with E-state index in [4.69, 9.17) is 11.6 Å². The summed E-state index contributed by atoms with van der Waals surface area (Å²) in [6.45, 7) is 9.76. The van der Waals surface area contributed by atoms with Crippen molar-refractivity contribution >= 4 is 32.5 Å². The molecule has 1 N–H and O–H groups in total. The van der Waals surface area contributed by atoms with Gasteiger partial charge in [0.05, 0.1) is 5.25 Å². The third-order valence-corrected chi connectivity index (χ3v) is 8.01. The topological polar surface area (TPSA) is 51.1 Å². The van der Waals surface area contributed by atoms with Gasteiger partial charge in [-0.15, -0.1) is 0 Å². The minimum atomic E-state index is -3.16. The zero-order chi connectivity index (χ0) is 22.4. The van der Waals surface area contributed by atoms with E-state index in [-0.39, 0.29) is 10.7 Å². The number of hydrogen-bond donors (Lipinski definition) is 1. The normalized spacial score (nSPS) is 15.0. The van der Waals surface area contributed by atoms with Gasteiger partial charge in [-0.1, -0.05) is 50.6 Å². The van der Waals surface area contributed by atoms with E-state index in [1.807, 2.05) is 13.0 Å². The number of benzene rings is 2. The van der Waals surface area contributed by atoms with Gasteiger partial charge in [0.25, 0.3) is 0 Å². The van der Waals surface area contributed by atoms with Crippen LogP contribution in [0.5, 0.6) is 0 Å². The molecule has 1 aliphatic carbocycles. The molecule has 0 atom stereocenters. The zero-order valence-electron chi connectivity index (χ0n) is 18.7. The number of halogens is 1. The van der Waals surface area contributed by atoms with Crippen LogP contribution in [0.4, 0.5) is 0 Å². The Balaban J connectivity index is 1.68. The molecule has 4 nitrogen and oxygen atoms in total. The lowest BCUT2D eigenvalue weighted by Crippen LogP contribution is -2.30. The Morgan fingerprint density at radius 1 is 1.13 bits per heavy atom. The molecule has 2 aromatic carbocycles. The highest BCUT2D eigenvalue weighted by molar-refractivity contribution is 7.90. The average molecular weight is 459 g/mol. The van der Waals surface area contributed by atoms with Crippen LogP contribution in [0.1, 0.15) is 44.7 Å². The molecule has 1 aromatic heterocycles. The predicted molar refractivity (Wildman–Crippen MR) is 130 cm³/mol. The summed E-state index contributed by atoms with van der Waals surface area (Å²) in [6, 6.07) is 12.6. The van der Waals surface area contributed by atoms with Crippen LogP contribution in [-0.2, 0) is 23.0 Å². The van der Waals surface area contributed by atoms with Crippen LogP contribution >= 0.6 is 11.6 Å². The standard InChI is InChI=1S/C25H31ClN2O2S/c1-17-5-9-21(23(26)13-17)18-6-10-24-22(14-18)19(15-25(2,3)4)16-28(24)12-11-27-31(29,30)20-7-8-20/h5-6,9-10,13-14,16,20,27H,7-8,11-12,15H2,1-4H3. The van der Waals surface area contributed by atoms with Gasteiger partial charge in [0.2, 0.25) is 10.0 Å². The smallest absolute Gasteiger partial charge is 0.214 e. The van der Waals surface area contributed by atoms with Crippen LogP contribution in [0.3, 0.4) is 0 Å². The maximum absolute atomic E-state index is 12.2. The van der Waals surface area contributed by atoms with Crippen LogP contribution < -0.4 is 4.72 Å². The molecule has 0 bridgehead atoms. The molecule has 4 rings (SSSR count). The van der Waals surface area contributed by atoms with E-state index in [0.717, 1.165) is 46.5 Å². The largest absolute Gasteiger partial charge is 0.346 e. The lowest BCUT2D eigenvalue weighted by atomic mass is 9.87. The molecule has 0 radical (unpaired) electrons. The first-order chi connectivity index (χ1) is 14.5. The van der Waals surface area contributed by atoms with E-state index in [1.165, 1.54) is 10.9 Å². The van der Waals surface area contributed by atoms with E-state index in [1.54, 1.807) is 0 Å². The Kier molecular flexibility index (Phi) is 5.97. The van der Waals surface area contributed by atoms with Crippen molar-refractivity contribution in [3.63, 3.8) is 0 Å². The fourth-order valence-corrected chi connectivity index (χ4v) is 5.81. The maximum Gasteiger partial charge on any atom is 0.214 e. The number of aromatic nitrogens is 1. The summed E-state index contributed by atoms with van der Waals surface area (Å²) in [5, 5.41) is 1.77. The van der Waals surface area contributed by atoms with Crippen molar-refractivity contribution in [2.75, 3.05) is 6.54 Å². The van der Waals surface area contributed by atoms with E-state index in [9.17, 15) is 8.42 Å². The lowest BCUT2D eigenvalue weighted by Gasteiger charge is -2.17. The second-order valence-corrected chi connectivity index (χ2v) is 12.4. The van der Waals surface area contributed by atoms with E-state index < -0.39 is 10.0 Å². The number of nitrogens with one attached hydrogen (secondary N) is 1. The third-order valence-electron chi connectivity index (χ3n) is 5.74. The molecule has 1 fully saturated rings. The highest BCUT2D eigenvalue weighted by Crippen LogP contribution is 2.34. The molecule has 0 amide bonds. The fourth-order valence-electron chi connectivity index (χ4n) is 4.09. The maximum atomic E-state index is 12.2. The number of fused-ring (bicyclic) bond motifs is 1. The Morgan fingerprint density at radius 3 is 2.52 bits per heavy atom. The summed E-state index contributed by atoms with van der Waals surface area (Å²) in [5.41, 5.74) is 5.81. The van der Waals surface area contributed by atoms with Gasteiger partial charge in [-0.2, -0.15) is 0 Å². The van der Waals surface area contributed by atoms with Gasteiger partial charge < -0.3 is 4.57 Å². The minimum absolute atomic E-state index is 0.143. The molecule has 0 aliphatic heterocycles. The zero-order valence-corrected chi connectivity index (χ0v) is 20.3. The van der Waals surface area contributed by atoms with E-state index in [0.29, 0.717) is 13.1 Å². The van der Waals surface area contributed by atoms with Crippen LogP contribution in [0.25, 0.3) is 22.0 Å². The third kappa shape index (κ3) is 5.16. The van der Waals surface area contributed by atoms with Crippen LogP contribution in [0, 0.1) is 12.3 Å². The van der Waals surface area contributed by atoms with Crippen LogP contribution in [0.15, 0.2) is 42.6 Å². The Bertz CT molecular complexity index is 1220. The Hall–Kier alpha value is -1.82. The molecule has 0 unspecified atom stereocenters. The first-order valence-corrected chi connectivity index (χ1v) is 12.8. The first kappa shape index (κ1) is 22.4. The molecule has 1 heterocycles. The quantitative estimate of drug-likeness (QED) is 0.476. The molecule has 166 valence electrons. The van der Waals surface area contributed by atoms with Gasteiger partial charge in [-0.3, -0.25) is 0 Å². The van der Waals surface area contributed by atoms with Crippen molar-refractivity contribution < 1.29 is 8.42 Å². The van der Waals surface area contributed by atoms with Gasteiger partial charge in [-0.25, -0.2) is 13.1 Å². The highest BCUT2D eigenvalue weighted by Gasteiger charge is 2.35. The van der Waals surface area contributed by atoms with Crippen molar-refractivity contribution in [3.05, 3.63) is 58.7 Å². The van der Waals surface area contributed by atoms with Crippen molar-refractivity contribution in [3.8, 4) is 11.1 Å². The van der Waals surface area contributed by atoms with Gasteiger partial charge in [-0.05, 0) is 66.5 Å². The monoisotopic (exact) mass is 458 g/mol. The molecule has 6 heteroatoms. The second-order valence-electron chi connectivity index (χ2n) is 9.94. The van der Waals surface area contributed by atoms with Crippen molar-refractivity contribution in [2.24, 2.45) is 5.41 Å². The van der Waals surface area contributed by atoms with Crippen molar-refractivity contribution in [1.82, 2.24) is 9.29 Å². The predicted octanol–water partition coefficient (Wildman–Crippen LogP) is 5.94. The number of rotatable bonds is 7. The highest BCUT2D eigenvalue weighted by atomic mass is 35.5. The lowest BCUT2D eigenvalue weighted by molar-refractivity contribution is 0.412. The molecule has 3 aromatic rings. The number of hydrogen-bond acceptors (Lipinski definition) is 2. The first-order valence-electron chi connectivity index (χ1n) is 10.9. The summed E-state index contributed by atoms with van der Waals surface area (Å²) in [7, 11) is -3.16. The average Bonchev–Trinajstić information content (AvgIpc) is 3.47. The Morgan fingerprint density at radius 2 is 1.87 bits per heavy atom. The van der Waals surface area contributed by atoms with Crippen molar-refractivity contribution in [1.29, 1.82) is 0 Å². The number of nitrogens with zero attached hydrogens (tertiary/aromatic N) is 1. The molecular formula is C25H31ClN2O2S.